The number of anilines is 1. The molecule has 2 N–H and O–H groups in total. The minimum atomic E-state index is 0.778. The van der Waals surface area contributed by atoms with E-state index >= 15 is 0 Å². The second-order valence-electron chi connectivity index (χ2n) is 4.81. The highest BCUT2D eigenvalue weighted by molar-refractivity contribution is 7.22. The SMILES string of the molecule is Nc1ccc(-c2nc(-c3cc4ccccc4s3)cs2)cc1. The van der Waals surface area contributed by atoms with Crippen LogP contribution in [0.3, 0.4) is 0 Å². The summed E-state index contributed by atoms with van der Waals surface area (Å²) in [5, 5.41) is 4.43. The zero-order chi connectivity index (χ0) is 14.2. The molecule has 0 aliphatic carbocycles. The molecule has 0 fully saturated rings. The van der Waals surface area contributed by atoms with Crippen molar-refractivity contribution in [3.8, 4) is 21.1 Å². The predicted octanol–water partition coefficient (Wildman–Crippen LogP) is 5.27. The van der Waals surface area contributed by atoms with Crippen LogP contribution in [0.4, 0.5) is 5.69 Å². The third kappa shape index (κ3) is 2.33. The highest BCUT2D eigenvalue weighted by atomic mass is 32.1. The molecule has 2 heterocycles. The lowest BCUT2D eigenvalue weighted by molar-refractivity contribution is 1.42. The van der Waals surface area contributed by atoms with Crippen LogP contribution in [-0.4, -0.2) is 4.98 Å². The van der Waals surface area contributed by atoms with Gasteiger partial charge in [-0.2, -0.15) is 0 Å². The summed E-state index contributed by atoms with van der Waals surface area (Å²) in [5.41, 5.74) is 8.67. The number of benzene rings is 2. The van der Waals surface area contributed by atoms with Crippen molar-refractivity contribution >= 4 is 38.4 Å². The van der Waals surface area contributed by atoms with Gasteiger partial charge in [-0.15, -0.1) is 22.7 Å². The number of fused-ring (bicyclic) bond motifs is 1. The summed E-state index contributed by atoms with van der Waals surface area (Å²) in [6.45, 7) is 0. The summed E-state index contributed by atoms with van der Waals surface area (Å²) in [5.74, 6) is 0. The Kier molecular flexibility index (Phi) is 2.98. The van der Waals surface area contributed by atoms with E-state index in [9.17, 15) is 0 Å². The van der Waals surface area contributed by atoms with Crippen LogP contribution in [0.2, 0.25) is 0 Å². The zero-order valence-corrected chi connectivity index (χ0v) is 12.7. The number of hydrogen-bond donors (Lipinski definition) is 1. The zero-order valence-electron chi connectivity index (χ0n) is 11.1. The van der Waals surface area contributed by atoms with E-state index in [1.807, 2.05) is 24.3 Å². The standard InChI is InChI=1S/C17H12N2S2/c18-13-7-5-11(6-8-13)17-19-14(10-20-17)16-9-12-3-1-2-4-15(12)21-16/h1-10H,18H2. The van der Waals surface area contributed by atoms with Gasteiger partial charge in [0.1, 0.15) is 5.01 Å². The molecule has 21 heavy (non-hydrogen) atoms. The molecule has 0 spiro atoms. The lowest BCUT2D eigenvalue weighted by Crippen LogP contribution is -1.83. The van der Waals surface area contributed by atoms with E-state index in [4.69, 9.17) is 10.7 Å². The van der Waals surface area contributed by atoms with E-state index in [0.717, 1.165) is 22.0 Å². The van der Waals surface area contributed by atoms with Gasteiger partial charge in [0.25, 0.3) is 0 Å². The number of thiophene rings is 1. The Bertz CT molecular complexity index is 871. The van der Waals surface area contributed by atoms with E-state index < -0.39 is 0 Å². The van der Waals surface area contributed by atoms with Gasteiger partial charge >= 0.3 is 0 Å². The van der Waals surface area contributed by atoms with Gasteiger partial charge in [-0.05, 0) is 41.8 Å². The van der Waals surface area contributed by atoms with Crippen molar-refractivity contribution in [3.05, 3.63) is 60.0 Å². The molecule has 4 rings (SSSR count). The van der Waals surface area contributed by atoms with Crippen molar-refractivity contribution in [2.45, 2.75) is 0 Å². The molecule has 0 saturated carbocycles. The van der Waals surface area contributed by atoms with Gasteiger partial charge in [0.15, 0.2) is 0 Å². The van der Waals surface area contributed by atoms with E-state index in [-0.39, 0.29) is 0 Å². The maximum absolute atomic E-state index is 5.73. The van der Waals surface area contributed by atoms with Crippen molar-refractivity contribution in [1.29, 1.82) is 0 Å². The number of rotatable bonds is 2. The van der Waals surface area contributed by atoms with Crippen LogP contribution < -0.4 is 5.73 Å². The smallest absolute Gasteiger partial charge is 0.124 e. The van der Waals surface area contributed by atoms with Crippen molar-refractivity contribution in [1.82, 2.24) is 4.98 Å². The van der Waals surface area contributed by atoms with Gasteiger partial charge in [0, 0.05) is 21.3 Å². The average molecular weight is 308 g/mol. The summed E-state index contributed by atoms with van der Waals surface area (Å²) in [7, 11) is 0. The molecule has 2 aromatic heterocycles. The summed E-state index contributed by atoms with van der Waals surface area (Å²) < 4.78 is 1.30. The van der Waals surface area contributed by atoms with E-state index in [2.05, 4.69) is 35.7 Å². The molecule has 0 aliphatic rings. The Morgan fingerprint density at radius 2 is 1.76 bits per heavy atom. The number of nitrogens with two attached hydrogens (primary N) is 1. The summed E-state index contributed by atoms with van der Waals surface area (Å²) >= 11 is 3.45. The van der Waals surface area contributed by atoms with Gasteiger partial charge in [-0.1, -0.05) is 18.2 Å². The Hall–Kier alpha value is -2.17. The third-order valence-electron chi connectivity index (χ3n) is 3.34. The van der Waals surface area contributed by atoms with Crippen LogP contribution in [0, 0.1) is 0 Å². The van der Waals surface area contributed by atoms with Crippen LogP contribution in [0.1, 0.15) is 0 Å². The van der Waals surface area contributed by atoms with Crippen LogP contribution in [0.5, 0.6) is 0 Å². The summed E-state index contributed by atoms with van der Waals surface area (Å²) in [4.78, 5) is 5.98. The van der Waals surface area contributed by atoms with Crippen LogP contribution in [0.15, 0.2) is 60.0 Å². The quantitative estimate of drug-likeness (QED) is 0.512. The molecule has 4 aromatic rings. The predicted molar refractivity (Wildman–Crippen MR) is 92.8 cm³/mol. The normalized spacial score (nSPS) is 11.0. The van der Waals surface area contributed by atoms with Crippen LogP contribution in [-0.2, 0) is 0 Å². The third-order valence-corrected chi connectivity index (χ3v) is 5.37. The molecule has 0 unspecified atom stereocenters. The molecular weight excluding hydrogens is 296 g/mol. The monoisotopic (exact) mass is 308 g/mol. The topological polar surface area (TPSA) is 38.9 Å². The molecule has 2 nitrogen and oxygen atoms in total. The Labute approximate surface area is 130 Å². The van der Waals surface area contributed by atoms with Gasteiger partial charge in [-0.3, -0.25) is 0 Å². The van der Waals surface area contributed by atoms with Crippen molar-refractivity contribution in [2.24, 2.45) is 0 Å². The molecule has 4 heteroatoms. The Balaban J connectivity index is 1.75. The highest BCUT2D eigenvalue weighted by Crippen LogP contribution is 2.35. The van der Waals surface area contributed by atoms with Crippen molar-refractivity contribution < 1.29 is 0 Å². The fourth-order valence-corrected chi connectivity index (χ4v) is 4.18. The van der Waals surface area contributed by atoms with Crippen molar-refractivity contribution in [2.75, 3.05) is 5.73 Å². The molecule has 2 aromatic carbocycles. The largest absolute Gasteiger partial charge is 0.399 e. The first-order chi connectivity index (χ1) is 10.3. The summed E-state index contributed by atoms with van der Waals surface area (Å²) in [6.07, 6.45) is 0. The fourth-order valence-electron chi connectivity index (χ4n) is 2.25. The summed E-state index contributed by atoms with van der Waals surface area (Å²) in [6, 6.07) is 18.5. The fraction of sp³-hybridized carbons (Fsp3) is 0. The molecule has 102 valence electrons. The second kappa shape index (κ2) is 4.98. The Morgan fingerprint density at radius 3 is 2.57 bits per heavy atom. The number of hydrogen-bond acceptors (Lipinski definition) is 4. The van der Waals surface area contributed by atoms with Crippen LogP contribution >= 0.6 is 22.7 Å². The first-order valence-electron chi connectivity index (χ1n) is 6.60. The number of aromatic nitrogens is 1. The van der Waals surface area contributed by atoms with E-state index in [0.29, 0.717) is 0 Å². The molecule has 0 bridgehead atoms. The maximum Gasteiger partial charge on any atom is 0.124 e. The molecule has 0 atom stereocenters. The van der Waals surface area contributed by atoms with E-state index in [1.165, 1.54) is 15.0 Å². The number of nitrogen functional groups attached to an aromatic ring is 1. The Morgan fingerprint density at radius 1 is 0.952 bits per heavy atom. The minimum absolute atomic E-state index is 0.778. The molecule has 0 aliphatic heterocycles. The number of nitrogens with zero attached hydrogens (tertiary/aromatic N) is 1. The maximum atomic E-state index is 5.73. The first kappa shape index (κ1) is 12.6. The average Bonchev–Trinajstić information content (AvgIpc) is 3.14. The van der Waals surface area contributed by atoms with Gasteiger partial charge < -0.3 is 5.73 Å². The second-order valence-corrected chi connectivity index (χ2v) is 6.75. The van der Waals surface area contributed by atoms with E-state index in [1.54, 1.807) is 22.7 Å². The van der Waals surface area contributed by atoms with Crippen molar-refractivity contribution in [3.63, 3.8) is 0 Å². The van der Waals surface area contributed by atoms with Gasteiger partial charge in [0.2, 0.25) is 0 Å². The lowest BCUT2D eigenvalue weighted by Gasteiger charge is -1.96. The highest BCUT2D eigenvalue weighted by Gasteiger charge is 2.09. The molecule has 0 amide bonds. The minimum Gasteiger partial charge on any atom is -0.399 e. The first-order valence-corrected chi connectivity index (χ1v) is 8.29. The van der Waals surface area contributed by atoms with Crippen LogP contribution in [0.25, 0.3) is 31.2 Å². The number of thiazole rings is 1. The molecule has 0 saturated heterocycles. The van der Waals surface area contributed by atoms with Gasteiger partial charge in [-0.25, -0.2) is 4.98 Å². The lowest BCUT2D eigenvalue weighted by atomic mass is 10.2. The molecule has 0 radical (unpaired) electrons. The molecular formula is C17H12N2S2. The van der Waals surface area contributed by atoms with Gasteiger partial charge in [0.05, 0.1) is 10.6 Å².